The number of ether oxygens (including phenoxy) is 4. The summed E-state index contributed by atoms with van der Waals surface area (Å²) in [6.07, 6.45) is 13.1. The monoisotopic (exact) mass is 808 g/mol. The number of guanidine groups is 1. The molecule has 0 bridgehead atoms. The number of nitrogens with two attached hydrogens (primary N) is 1. The summed E-state index contributed by atoms with van der Waals surface area (Å²) in [6, 6.07) is 16.3. The van der Waals surface area contributed by atoms with E-state index in [1.54, 1.807) is 30.7 Å². The molecule has 2 aromatic carbocycles. The fraction of sp³-hybridized carbons (Fsp3) is 0.467. The highest BCUT2D eigenvalue weighted by Crippen LogP contribution is 2.43. The molecule has 14 heteroatoms. The Hall–Kier alpha value is -5.76. The highest BCUT2D eigenvalue weighted by atomic mass is 16.6. The van der Waals surface area contributed by atoms with Gasteiger partial charge in [0.05, 0.1) is 18.8 Å². The fourth-order valence-electron chi connectivity index (χ4n) is 8.49. The van der Waals surface area contributed by atoms with Crippen molar-refractivity contribution in [2.45, 2.75) is 114 Å². The van der Waals surface area contributed by atoms with Gasteiger partial charge in [0.2, 0.25) is 5.75 Å². The van der Waals surface area contributed by atoms with Gasteiger partial charge in [-0.15, -0.1) is 0 Å². The van der Waals surface area contributed by atoms with Crippen LogP contribution in [-0.2, 0) is 33.5 Å². The first-order valence-electron chi connectivity index (χ1n) is 20.8. The second-order valence-corrected chi connectivity index (χ2v) is 16.0. The van der Waals surface area contributed by atoms with Crippen LogP contribution in [0.25, 0.3) is 0 Å². The number of rotatable bonds is 15. The van der Waals surface area contributed by atoms with E-state index >= 15 is 0 Å². The molecule has 1 saturated carbocycles. The van der Waals surface area contributed by atoms with Crippen LogP contribution >= 0.6 is 0 Å². The van der Waals surface area contributed by atoms with E-state index in [4.69, 9.17) is 29.7 Å². The van der Waals surface area contributed by atoms with Gasteiger partial charge in [-0.1, -0.05) is 12.1 Å². The van der Waals surface area contributed by atoms with Gasteiger partial charge >= 0.3 is 5.97 Å². The number of aromatic nitrogens is 2. The number of carbonyl (C=O) groups is 1. The van der Waals surface area contributed by atoms with E-state index in [0.29, 0.717) is 49.2 Å². The van der Waals surface area contributed by atoms with Gasteiger partial charge in [0.25, 0.3) is 0 Å². The number of aliphatic imine (C=N–C) groups is 1. The predicted octanol–water partition coefficient (Wildman–Crippen LogP) is 6.21. The minimum Gasteiger partial charge on any atom is -0.504 e. The number of nitrogens with one attached hydrogen (secondary N) is 2. The van der Waals surface area contributed by atoms with E-state index in [2.05, 4.69) is 20.6 Å². The molecule has 1 aliphatic carbocycles. The van der Waals surface area contributed by atoms with Crippen molar-refractivity contribution in [3.8, 4) is 28.7 Å². The average molecular weight is 809 g/mol. The number of hydrogen-bond donors (Lipinski definition) is 6. The van der Waals surface area contributed by atoms with Crippen LogP contribution < -0.4 is 25.8 Å². The first kappa shape index (κ1) is 41.4. The maximum Gasteiger partial charge on any atom is 0.302 e. The van der Waals surface area contributed by atoms with Crippen LogP contribution in [0.2, 0.25) is 0 Å². The van der Waals surface area contributed by atoms with Crippen molar-refractivity contribution in [2.24, 2.45) is 4.99 Å². The zero-order valence-corrected chi connectivity index (χ0v) is 33.6. The Kier molecular flexibility index (Phi) is 13.6. The second-order valence-electron chi connectivity index (χ2n) is 16.0. The van der Waals surface area contributed by atoms with E-state index in [1.807, 2.05) is 36.4 Å². The first-order chi connectivity index (χ1) is 28.6. The van der Waals surface area contributed by atoms with Crippen LogP contribution in [0.5, 0.6) is 28.7 Å². The zero-order valence-electron chi connectivity index (χ0n) is 33.6. The number of phenolic OH excluding ortho intramolecular Hbond substituents is 3. The molecule has 314 valence electrons. The average Bonchev–Trinajstić information content (AvgIpc) is 3.21. The van der Waals surface area contributed by atoms with E-state index in [-0.39, 0.29) is 53.3 Å². The summed E-state index contributed by atoms with van der Waals surface area (Å²) >= 11 is 0. The van der Waals surface area contributed by atoms with Crippen molar-refractivity contribution in [3.05, 3.63) is 95.4 Å². The Morgan fingerprint density at radius 2 is 1.85 bits per heavy atom. The predicted molar refractivity (Wildman–Crippen MR) is 223 cm³/mol. The molecule has 7 N–H and O–H groups in total. The summed E-state index contributed by atoms with van der Waals surface area (Å²) in [6.45, 7) is 3.18. The number of nitrogens with zero attached hydrogens (tertiary/aromatic N) is 3. The third kappa shape index (κ3) is 11.5. The van der Waals surface area contributed by atoms with Crippen molar-refractivity contribution >= 4 is 17.7 Å². The van der Waals surface area contributed by atoms with E-state index < -0.39 is 12.2 Å². The minimum absolute atomic E-state index is 0.0771. The molecule has 2 aliphatic heterocycles. The van der Waals surface area contributed by atoms with Gasteiger partial charge < -0.3 is 50.6 Å². The topological polar surface area (TPSA) is 203 Å². The van der Waals surface area contributed by atoms with Crippen molar-refractivity contribution in [3.63, 3.8) is 0 Å². The lowest BCUT2D eigenvalue weighted by Crippen LogP contribution is -2.59. The van der Waals surface area contributed by atoms with Crippen LogP contribution in [0.3, 0.4) is 0 Å². The molecule has 2 fully saturated rings. The largest absolute Gasteiger partial charge is 0.504 e. The number of nitrogen functional groups attached to an aromatic ring is 1. The number of benzene rings is 2. The summed E-state index contributed by atoms with van der Waals surface area (Å²) in [4.78, 5) is 25.0. The number of hydrogen-bond acceptors (Lipinski definition) is 14. The molecular formula is C45H56N6O8. The number of anilines is 1. The quantitative estimate of drug-likeness (QED) is 0.0450. The van der Waals surface area contributed by atoms with Gasteiger partial charge in [0, 0.05) is 69.8 Å². The summed E-state index contributed by atoms with van der Waals surface area (Å²) in [5.74, 6) is 1.01. The van der Waals surface area contributed by atoms with Crippen LogP contribution in [0, 0.1) is 0 Å². The molecular weight excluding hydrogens is 753 g/mol. The Balaban J connectivity index is 0.943. The maximum absolute atomic E-state index is 12.1. The third-order valence-electron chi connectivity index (χ3n) is 11.4. The summed E-state index contributed by atoms with van der Waals surface area (Å²) in [5, 5.41) is 39.4. The van der Waals surface area contributed by atoms with Gasteiger partial charge in [-0.2, -0.15) is 0 Å². The van der Waals surface area contributed by atoms with Crippen molar-refractivity contribution in [2.75, 3.05) is 25.4 Å². The molecule has 14 nitrogen and oxygen atoms in total. The van der Waals surface area contributed by atoms with E-state index in [0.717, 1.165) is 75.1 Å². The molecule has 7 rings (SSSR count). The normalized spacial score (nSPS) is 22.8. The first-order valence-corrected chi connectivity index (χ1v) is 20.8. The molecule has 5 atom stereocenters. The molecule has 4 aromatic rings. The molecule has 0 amide bonds. The maximum atomic E-state index is 12.1. The number of pyridine rings is 2. The van der Waals surface area contributed by atoms with E-state index in [9.17, 15) is 20.1 Å². The summed E-state index contributed by atoms with van der Waals surface area (Å²) in [5.41, 5.74) is 9.44. The van der Waals surface area contributed by atoms with Crippen LogP contribution in [0.1, 0.15) is 93.1 Å². The van der Waals surface area contributed by atoms with Gasteiger partial charge in [0.1, 0.15) is 18.0 Å². The number of aryl methyl sites for hydroxylation is 2. The Morgan fingerprint density at radius 3 is 2.68 bits per heavy atom. The fourth-order valence-corrected chi connectivity index (χ4v) is 8.49. The Labute approximate surface area is 345 Å². The Morgan fingerprint density at radius 1 is 0.966 bits per heavy atom. The SMILES string of the molecule is CC(=O)OC1CC(CCc2ccc(O)c(OC3CCCC4(CCN=C(NCCCc5ccnc(N)c5)N4)C3)c2)OC(c2cc(O)c(O)c(OCCc3cccnc3)c2)C1. The highest BCUT2D eigenvalue weighted by molar-refractivity contribution is 5.81. The van der Waals surface area contributed by atoms with Crippen molar-refractivity contribution in [1.82, 2.24) is 20.6 Å². The van der Waals surface area contributed by atoms with Gasteiger partial charge in [-0.05, 0) is 116 Å². The molecule has 1 saturated heterocycles. The lowest BCUT2D eigenvalue weighted by molar-refractivity contribution is -0.160. The number of aromatic hydroxyl groups is 3. The van der Waals surface area contributed by atoms with Gasteiger partial charge in [-0.25, -0.2) is 4.98 Å². The molecule has 4 heterocycles. The number of esters is 1. The van der Waals surface area contributed by atoms with Crippen LogP contribution in [0.4, 0.5) is 5.82 Å². The summed E-state index contributed by atoms with van der Waals surface area (Å²) in [7, 11) is 0. The Bertz CT molecular complexity index is 2070. The third-order valence-corrected chi connectivity index (χ3v) is 11.4. The van der Waals surface area contributed by atoms with Crippen LogP contribution in [-0.4, -0.2) is 80.8 Å². The van der Waals surface area contributed by atoms with Gasteiger partial charge in [-0.3, -0.25) is 14.8 Å². The molecule has 5 unspecified atom stereocenters. The van der Waals surface area contributed by atoms with Crippen LogP contribution in [0.15, 0.2) is 78.2 Å². The lowest BCUT2D eigenvalue weighted by atomic mass is 9.77. The van der Waals surface area contributed by atoms with Crippen molar-refractivity contribution < 1.29 is 39.1 Å². The standard InChI is InChI=1S/C45H56N6O8/c1-29(52)57-36-25-34(58-39(26-36)33-23-38(54)43(55)41(24-33)56-20-13-32-6-3-16-47-28-32)10-8-31-9-11-37(53)40(21-31)59-35-7-2-14-45(27-35)15-19-50-44(51-45)49-17-4-5-30-12-18-48-42(46)22-30/h3,6,9,11-12,16,18,21-24,28,34-36,39,53-55H,2,4-5,7-8,10,13-15,17,19-20,25-27H2,1H3,(H2,46,48)(H2,49,50,51). The molecule has 59 heavy (non-hydrogen) atoms. The van der Waals surface area contributed by atoms with E-state index in [1.165, 1.54) is 18.6 Å². The lowest BCUT2D eigenvalue weighted by Gasteiger charge is -2.44. The second kappa shape index (κ2) is 19.3. The number of carbonyl (C=O) groups excluding carboxylic acids is 1. The highest BCUT2D eigenvalue weighted by Gasteiger charge is 2.40. The number of phenols is 3. The van der Waals surface area contributed by atoms with Crippen molar-refractivity contribution in [1.29, 1.82) is 0 Å². The zero-order chi connectivity index (χ0) is 41.2. The molecule has 2 aromatic heterocycles. The molecule has 0 radical (unpaired) electrons. The smallest absolute Gasteiger partial charge is 0.302 e. The molecule has 1 spiro atoms. The summed E-state index contributed by atoms with van der Waals surface area (Å²) < 4.78 is 24.7. The van der Waals surface area contributed by atoms with Gasteiger partial charge in [0.15, 0.2) is 29.0 Å². The minimum atomic E-state index is -0.524. The molecule has 3 aliphatic rings.